The van der Waals surface area contributed by atoms with Crippen LogP contribution in [-0.4, -0.2) is 23.5 Å². The molecule has 3 rings (SSSR count). The van der Waals surface area contributed by atoms with Crippen LogP contribution in [0.4, 0.5) is 0 Å². The summed E-state index contributed by atoms with van der Waals surface area (Å²) in [5.74, 6) is 0.494. The summed E-state index contributed by atoms with van der Waals surface area (Å²) in [5.41, 5.74) is 8.49. The predicted octanol–water partition coefficient (Wildman–Crippen LogP) is 3.36. The molecule has 1 aromatic carbocycles. The van der Waals surface area contributed by atoms with Gasteiger partial charge in [0.2, 0.25) is 0 Å². The maximum Gasteiger partial charge on any atom is 0.252 e. The number of nitrogens with one attached hydrogen (secondary N) is 1. The molecule has 0 aliphatic heterocycles. The fraction of sp³-hybridized carbons (Fsp3) is 0.474. The molecule has 0 saturated heterocycles. The molecule has 1 unspecified atom stereocenters. The van der Waals surface area contributed by atoms with Gasteiger partial charge in [-0.1, -0.05) is 38.0 Å². The second-order valence-corrected chi connectivity index (χ2v) is 6.43. The Bertz CT molecular complexity index is 694. The number of hydrogen-bond donors (Lipinski definition) is 2. The molecule has 1 fully saturated rings. The summed E-state index contributed by atoms with van der Waals surface area (Å²) in [5, 5.41) is 4.02. The topological polar surface area (TPSA) is 68.0 Å². The summed E-state index contributed by atoms with van der Waals surface area (Å²) in [6.07, 6.45) is 5.46. The number of fused-ring (bicyclic) bond motifs is 1. The molecular formula is C19H25N3O. The first-order valence-electron chi connectivity index (χ1n) is 8.63. The highest BCUT2D eigenvalue weighted by Gasteiger charge is 2.27. The fourth-order valence-corrected chi connectivity index (χ4v) is 2.93. The van der Waals surface area contributed by atoms with Crippen molar-refractivity contribution in [1.82, 2.24) is 10.3 Å². The van der Waals surface area contributed by atoms with Crippen LogP contribution in [0.3, 0.4) is 0 Å². The first-order valence-corrected chi connectivity index (χ1v) is 8.63. The highest BCUT2D eigenvalue weighted by Crippen LogP contribution is 2.40. The number of carbonyl (C=O) groups is 1. The second kappa shape index (κ2) is 7.09. The van der Waals surface area contributed by atoms with Crippen LogP contribution in [0.1, 0.15) is 61.0 Å². The SMILES string of the molecule is CCCCC(CN)NC(=O)c1cc(C2CC2)nc2ccccc12. The minimum Gasteiger partial charge on any atom is -0.348 e. The molecule has 1 aliphatic rings. The van der Waals surface area contributed by atoms with Gasteiger partial charge >= 0.3 is 0 Å². The number of para-hydroxylation sites is 1. The average molecular weight is 311 g/mol. The minimum absolute atomic E-state index is 0.0305. The lowest BCUT2D eigenvalue weighted by Crippen LogP contribution is -2.40. The number of hydrogen-bond acceptors (Lipinski definition) is 3. The number of benzene rings is 1. The molecule has 2 aromatic rings. The maximum atomic E-state index is 12.8. The summed E-state index contributed by atoms with van der Waals surface area (Å²) in [6.45, 7) is 2.62. The summed E-state index contributed by atoms with van der Waals surface area (Å²) in [7, 11) is 0. The van der Waals surface area contributed by atoms with Gasteiger partial charge in [0.25, 0.3) is 5.91 Å². The van der Waals surface area contributed by atoms with Crippen molar-refractivity contribution in [2.75, 3.05) is 6.54 Å². The van der Waals surface area contributed by atoms with Crippen molar-refractivity contribution in [2.24, 2.45) is 5.73 Å². The van der Waals surface area contributed by atoms with Crippen LogP contribution in [0.2, 0.25) is 0 Å². The van der Waals surface area contributed by atoms with Crippen molar-refractivity contribution < 1.29 is 4.79 Å². The average Bonchev–Trinajstić information content (AvgIpc) is 3.42. The summed E-state index contributed by atoms with van der Waals surface area (Å²) >= 11 is 0. The maximum absolute atomic E-state index is 12.8. The van der Waals surface area contributed by atoms with Gasteiger partial charge in [-0.3, -0.25) is 9.78 Å². The molecular weight excluding hydrogens is 286 g/mol. The lowest BCUT2D eigenvalue weighted by atomic mass is 10.0. The first-order chi connectivity index (χ1) is 11.2. The van der Waals surface area contributed by atoms with Crippen LogP contribution in [0.5, 0.6) is 0 Å². The summed E-state index contributed by atoms with van der Waals surface area (Å²) in [4.78, 5) is 17.5. The molecule has 1 amide bonds. The Kier molecular flexibility index (Phi) is 4.91. The van der Waals surface area contributed by atoms with Crippen LogP contribution in [-0.2, 0) is 0 Å². The number of rotatable bonds is 7. The zero-order valence-electron chi connectivity index (χ0n) is 13.7. The van der Waals surface area contributed by atoms with Crippen molar-refractivity contribution in [1.29, 1.82) is 0 Å². The van der Waals surface area contributed by atoms with Gasteiger partial charge in [-0.25, -0.2) is 0 Å². The third-order valence-corrected chi connectivity index (χ3v) is 4.50. The molecule has 23 heavy (non-hydrogen) atoms. The number of pyridine rings is 1. The van der Waals surface area contributed by atoms with E-state index in [2.05, 4.69) is 12.2 Å². The lowest BCUT2D eigenvalue weighted by molar-refractivity contribution is 0.0937. The predicted molar refractivity (Wildman–Crippen MR) is 93.6 cm³/mol. The molecule has 0 radical (unpaired) electrons. The van der Waals surface area contributed by atoms with Crippen molar-refractivity contribution in [3.05, 3.63) is 41.6 Å². The van der Waals surface area contributed by atoms with Crippen LogP contribution < -0.4 is 11.1 Å². The van der Waals surface area contributed by atoms with E-state index in [4.69, 9.17) is 10.7 Å². The van der Waals surface area contributed by atoms with Gasteiger partial charge in [-0.05, 0) is 31.4 Å². The highest BCUT2D eigenvalue weighted by atomic mass is 16.1. The Balaban J connectivity index is 1.89. The van der Waals surface area contributed by atoms with Crippen molar-refractivity contribution in [2.45, 2.75) is 51.0 Å². The quantitative estimate of drug-likeness (QED) is 0.824. The molecule has 1 saturated carbocycles. The standard InChI is InChI=1S/C19H25N3O/c1-2-3-6-14(12-20)21-19(23)16-11-18(13-9-10-13)22-17-8-5-4-7-15(16)17/h4-5,7-8,11,13-14H,2-3,6,9-10,12,20H2,1H3,(H,21,23). The molecule has 1 atom stereocenters. The van der Waals surface area contributed by atoms with Crippen molar-refractivity contribution >= 4 is 16.8 Å². The van der Waals surface area contributed by atoms with E-state index < -0.39 is 0 Å². The van der Waals surface area contributed by atoms with E-state index >= 15 is 0 Å². The van der Waals surface area contributed by atoms with Gasteiger partial charge < -0.3 is 11.1 Å². The monoisotopic (exact) mass is 311 g/mol. The first kappa shape index (κ1) is 15.9. The van der Waals surface area contributed by atoms with Crippen LogP contribution >= 0.6 is 0 Å². The van der Waals surface area contributed by atoms with E-state index in [1.54, 1.807) is 0 Å². The van der Waals surface area contributed by atoms with E-state index in [1.165, 1.54) is 12.8 Å². The Hall–Kier alpha value is -1.94. The molecule has 1 aromatic heterocycles. The molecule has 0 bridgehead atoms. The molecule has 4 nitrogen and oxygen atoms in total. The number of amides is 1. The molecule has 1 heterocycles. The Morgan fingerprint density at radius 3 is 2.87 bits per heavy atom. The number of unbranched alkanes of at least 4 members (excludes halogenated alkanes) is 1. The molecule has 3 N–H and O–H groups in total. The van der Waals surface area contributed by atoms with E-state index in [0.29, 0.717) is 12.5 Å². The Morgan fingerprint density at radius 1 is 1.39 bits per heavy atom. The number of nitrogens with two attached hydrogens (primary N) is 1. The smallest absolute Gasteiger partial charge is 0.252 e. The largest absolute Gasteiger partial charge is 0.348 e. The third-order valence-electron chi connectivity index (χ3n) is 4.50. The Morgan fingerprint density at radius 2 is 2.17 bits per heavy atom. The highest BCUT2D eigenvalue weighted by molar-refractivity contribution is 6.06. The van der Waals surface area contributed by atoms with E-state index in [9.17, 15) is 4.79 Å². The third kappa shape index (κ3) is 3.70. The van der Waals surface area contributed by atoms with Crippen LogP contribution in [0, 0.1) is 0 Å². The second-order valence-electron chi connectivity index (χ2n) is 6.43. The molecule has 1 aliphatic carbocycles. The number of carbonyl (C=O) groups excluding carboxylic acids is 1. The van der Waals surface area contributed by atoms with Crippen molar-refractivity contribution in [3.8, 4) is 0 Å². The molecule has 0 spiro atoms. The normalized spacial score (nSPS) is 15.6. The van der Waals surface area contributed by atoms with Crippen LogP contribution in [0.25, 0.3) is 10.9 Å². The molecule has 122 valence electrons. The van der Waals surface area contributed by atoms with Gasteiger partial charge in [-0.2, -0.15) is 0 Å². The zero-order valence-corrected chi connectivity index (χ0v) is 13.7. The van der Waals surface area contributed by atoms with Gasteiger partial charge in [0.15, 0.2) is 0 Å². The fourth-order valence-electron chi connectivity index (χ4n) is 2.93. The van der Waals surface area contributed by atoms with Gasteiger partial charge in [0.1, 0.15) is 0 Å². The zero-order chi connectivity index (χ0) is 16.2. The van der Waals surface area contributed by atoms with E-state index in [-0.39, 0.29) is 11.9 Å². The summed E-state index contributed by atoms with van der Waals surface area (Å²) < 4.78 is 0. The Labute approximate surface area is 137 Å². The number of aromatic nitrogens is 1. The van der Waals surface area contributed by atoms with Gasteiger partial charge in [-0.15, -0.1) is 0 Å². The van der Waals surface area contributed by atoms with Gasteiger partial charge in [0, 0.05) is 29.6 Å². The summed E-state index contributed by atoms with van der Waals surface area (Å²) in [6, 6.07) is 9.89. The molecule has 4 heteroatoms. The van der Waals surface area contributed by atoms with Gasteiger partial charge in [0.05, 0.1) is 11.1 Å². The van der Waals surface area contributed by atoms with E-state index in [0.717, 1.165) is 41.4 Å². The minimum atomic E-state index is -0.0305. The lowest BCUT2D eigenvalue weighted by Gasteiger charge is -2.17. The van der Waals surface area contributed by atoms with Crippen LogP contribution in [0.15, 0.2) is 30.3 Å². The van der Waals surface area contributed by atoms with Crippen molar-refractivity contribution in [3.63, 3.8) is 0 Å². The van der Waals surface area contributed by atoms with E-state index in [1.807, 2.05) is 30.3 Å². The number of nitrogens with zero attached hydrogens (tertiary/aromatic N) is 1.